The van der Waals surface area contributed by atoms with Gasteiger partial charge in [0.15, 0.2) is 23.1 Å². The molecule has 0 saturated heterocycles. The van der Waals surface area contributed by atoms with Crippen LogP contribution in [0.4, 0.5) is 27.8 Å². The van der Waals surface area contributed by atoms with E-state index in [-0.39, 0.29) is 0 Å². The molecule has 0 atom stereocenters. The van der Waals surface area contributed by atoms with Crippen molar-refractivity contribution in [3.8, 4) is 5.75 Å². The van der Waals surface area contributed by atoms with Crippen molar-refractivity contribution >= 4 is 5.82 Å². The summed E-state index contributed by atoms with van der Waals surface area (Å²) in [6.07, 6.45) is -3.18. The zero-order valence-electron chi connectivity index (χ0n) is 7.05. The fraction of sp³-hybridized carbons (Fsp3) is 0.286. The summed E-state index contributed by atoms with van der Waals surface area (Å²) in [7, 11) is 0. The highest BCUT2D eigenvalue weighted by molar-refractivity contribution is 5.40. The second-order valence-corrected chi connectivity index (χ2v) is 2.42. The van der Waals surface area contributed by atoms with Crippen molar-refractivity contribution in [1.82, 2.24) is 4.98 Å². The Kier molecular flexibility index (Phi) is 3.28. The minimum absolute atomic E-state index is 0.343. The summed E-state index contributed by atoms with van der Waals surface area (Å²) >= 11 is 0. The van der Waals surface area contributed by atoms with Gasteiger partial charge in [-0.15, -0.1) is 0 Å². The van der Waals surface area contributed by atoms with Crippen LogP contribution in [0.5, 0.6) is 5.75 Å². The van der Waals surface area contributed by atoms with Crippen molar-refractivity contribution in [3.05, 3.63) is 17.6 Å². The lowest BCUT2D eigenvalue weighted by molar-refractivity contribution is -0.0525. The van der Waals surface area contributed by atoms with Crippen molar-refractivity contribution in [1.29, 1.82) is 0 Å². The smallest absolute Gasteiger partial charge is 0.387 e. The van der Waals surface area contributed by atoms with Gasteiger partial charge in [0.05, 0.1) is 0 Å². The maximum absolute atomic E-state index is 12.7. The number of anilines is 1. The zero-order valence-corrected chi connectivity index (χ0v) is 7.05. The molecule has 0 aliphatic rings. The number of halogens is 5. The standard InChI is InChI=1S/C7H5F5N2O/c8-2-1-3(15-7(11)12)4(5(9)10)14-6(2)13/h1,5,7H,(H2,13,14). The summed E-state index contributed by atoms with van der Waals surface area (Å²) in [5.74, 6) is -3.02. The first kappa shape index (κ1) is 11.5. The van der Waals surface area contributed by atoms with Crippen LogP contribution in [0, 0.1) is 5.82 Å². The number of hydrogen-bond acceptors (Lipinski definition) is 3. The molecule has 0 aromatic carbocycles. The Morgan fingerprint density at radius 2 is 1.87 bits per heavy atom. The molecule has 0 aliphatic heterocycles. The first-order chi connectivity index (χ1) is 6.91. The van der Waals surface area contributed by atoms with E-state index in [1.807, 2.05) is 0 Å². The van der Waals surface area contributed by atoms with Crippen molar-refractivity contribution in [2.24, 2.45) is 0 Å². The third-order valence-corrected chi connectivity index (χ3v) is 1.42. The molecule has 0 fully saturated rings. The van der Waals surface area contributed by atoms with Gasteiger partial charge >= 0.3 is 6.61 Å². The van der Waals surface area contributed by atoms with Crippen molar-refractivity contribution in [2.75, 3.05) is 5.73 Å². The number of alkyl halides is 4. The van der Waals surface area contributed by atoms with E-state index in [9.17, 15) is 22.0 Å². The lowest BCUT2D eigenvalue weighted by Gasteiger charge is -2.10. The monoisotopic (exact) mass is 228 g/mol. The fourth-order valence-electron chi connectivity index (χ4n) is 0.848. The normalized spacial score (nSPS) is 11.1. The molecule has 0 radical (unpaired) electrons. The summed E-state index contributed by atoms with van der Waals surface area (Å²) in [5, 5.41) is 0. The Morgan fingerprint density at radius 1 is 1.27 bits per heavy atom. The molecule has 1 aromatic heterocycles. The number of aromatic nitrogens is 1. The van der Waals surface area contributed by atoms with Gasteiger partial charge in [0.25, 0.3) is 6.43 Å². The van der Waals surface area contributed by atoms with E-state index < -0.39 is 36.1 Å². The number of pyridine rings is 1. The summed E-state index contributed by atoms with van der Waals surface area (Å²) in [6.45, 7) is -3.34. The molecule has 15 heavy (non-hydrogen) atoms. The molecule has 2 N–H and O–H groups in total. The molecular weight excluding hydrogens is 223 g/mol. The maximum Gasteiger partial charge on any atom is 0.387 e. The van der Waals surface area contributed by atoms with Crippen LogP contribution in [-0.4, -0.2) is 11.6 Å². The van der Waals surface area contributed by atoms with E-state index in [4.69, 9.17) is 5.73 Å². The van der Waals surface area contributed by atoms with E-state index in [1.165, 1.54) is 0 Å². The minimum atomic E-state index is -3.34. The van der Waals surface area contributed by atoms with Gasteiger partial charge < -0.3 is 10.5 Å². The van der Waals surface area contributed by atoms with Gasteiger partial charge in [0.1, 0.15) is 0 Å². The second-order valence-electron chi connectivity index (χ2n) is 2.42. The summed E-state index contributed by atoms with van der Waals surface area (Å²) in [4.78, 5) is 2.92. The van der Waals surface area contributed by atoms with Gasteiger partial charge in [-0.3, -0.25) is 0 Å². The highest BCUT2D eigenvalue weighted by Crippen LogP contribution is 2.30. The summed E-state index contributed by atoms with van der Waals surface area (Å²) < 4.78 is 64.3. The molecule has 0 amide bonds. The van der Waals surface area contributed by atoms with Crippen LogP contribution in [0.25, 0.3) is 0 Å². The molecule has 0 aliphatic carbocycles. The predicted molar refractivity (Wildman–Crippen MR) is 40.2 cm³/mol. The Morgan fingerprint density at radius 3 is 2.33 bits per heavy atom. The predicted octanol–water partition coefficient (Wildman–Crippen LogP) is 2.34. The minimum Gasteiger partial charge on any atom is -0.433 e. The lowest BCUT2D eigenvalue weighted by Crippen LogP contribution is -2.08. The quantitative estimate of drug-likeness (QED) is 0.807. The average Bonchev–Trinajstić information content (AvgIpc) is 2.09. The molecule has 1 heterocycles. The number of rotatable bonds is 3. The van der Waals surface area contributed by atoms with Gasteiger partial charge in [0.2, 0.25) is 0 Å². The molecule has 0 bridgehead atoms. The number of nitrogen functional groups attached to an aromatic ring is 1. The van der Waals surface area contributed by atoms with Crippen LogP contribution in [0.3, 0.4) is 0 Å². The van der Waals surface area contributed by atoms with Crippen LogP contribution >= 0.6 is 0 Å². The van der Waals surface area contributed by atoms with Gasteiger partial charge in [-0.05, 0) is 0 Å². The Bertz CT molecular complexity index is 357. The van der Waals surface area contributed by atoms with Crippen molar-refractivity contribution in [3.63, 3.8) is 0 Å². The van der Waals surface area contributed by atoms with Crippen LogP contribution in [0.2, 0.25) is 0 Å². The molecule has 84 valence electrons. The molecule has 1 rings (SSSR count). The average molecular weight is 228 g/mol. The number of hydrogen-bond donors (Lipinski definition) is 1. The van der Waals surface area contributed by atoms with Gasteiger partial charge in [-0.2, -0.15) is 8.78 Å². The van der Waals surface area contributed by atoms with Gasteiger partial charge in [-0.1, -0.05) is 0 Å². The number of nitrogens with two attached hydrogens (primary N) is 1. The second kappa shape index (κ2) is 4.28. The highest BCUT2D eigenvalue weighted by atomic mass is 19.3. The molecule has 3 nitrogen and oxygen atoms in total. The molecule has 0 unspecified atom stereocenters. The Balaban J connectivity index is 3.16. The van der Waals surface area contributed by atoms with E-state index in [0.717, 1.165) is 0 Å². The van der Waals surface area contributed by atoms with E-state index in [0.29, 0.717) is 6.07 Å². The number of nitrogens with zero attached hydrogens (tertiary/aromatic N) is 1. The zero-order chi connectivity index (χ0) is 11.6. The first-order valence-electron chi connectivity index (χ1n) is 3.60. The lowest BCUT2D eigenvalue weighted by atomic mass is 10.3. The first-order valence-corrected chi connectivity index (χ1v) is 3.60. The molecule has 0 spiro atoms. The molecule has 8 heteroatoms. The third kappa shape index (κ3) is 2.67. The van der Waals surface area contributed by atoms with E-state index in [2.05, 4.69) is 9.72 Å². The largest absolute Gasteiger partial charge is 0.433 e. The summed E-state index contributed by atoms with van der Waals surface area (Å²) in [6, 6.07) is 0.343. The summed E-state index contributed by atoms with van der Waals surface area (Å²) in [5.41, 5.74) is 3.78. The van der Waals surface area contributed by atoms with E-state index >= 15 is 0 Å². The maximum atomic E-state index is 12.7. The van der Waals surface area contributed by atoms with Crippen molar-refractivity contribution in [2.45, 2.75) is 13.0 Å². The molecular formula is C7H5F5N2O. The number of ether oxygens (including phenoxy) is 1. The van der Waals surface area contributed by atoms with Crippen LogP contribution in [0.15, 0.2) is 6.07 Å². The van der Waals surface area contributed by atoms with Gasteiger partial charge in [-0.25, -0.2) is 18.2 Å². The van der Waals surface area contributed by atoms with Gasteiger partial charge in [0, 0.05) is 6.07 Å². The SMILES string of the molecule is Nc1nc(C(F)F)c(OC(F)F)cc1F. The highest BCUT2D eigenvalue weighted by Gasteiger charge is 2.21. The topological polar surface area (TPSA) is 48.1 Å². The molecule has 0 saturated carbocycles. The fourth-order valence-corrected chi connectivity index (χ4v) is 0.848. The van der Waals surface area contributed by atoms with Crippen molar-refractivity contribution < 1.29 is 26.7 Å². The molecule has 1 aromatic rings. The van der Waals surface area contributed by atoms with E-state index in [1.54, 1.807) is 0 Å². The van der Waals surface area contributed by atoms with Crippen LogP contribution < -0.4 is 10.5 Å². The Hall–Kier alpha value is -1.60. The Labute approximate surface area is 80.7 Å². The van der Waals surface area contributed by atoms with Crippen LogP contribution in [0.1, 0.15) is 12.1 Å². The van der Waals surface area contributed by atoms with Crippen LogP contribution in [-0.2, 0) is 0 Å². The third-order valence-electron chi connectivity index (χ3n) is 1.42.